The van der Waals surface area contributed by atoms with Crippen LogP contribution >= 0.6 is 0 Å². The molecular weight excluding hydrogens is 394 g/mol. The van der Waals surface area contributed by atoms with Crippen LogP contribution in [0.1, 0.15) is 31.6 Å². The predicted molar refractivity (Wildman–Crippen MR) is 121 cm³/mol. The van der Waals surface area contributed by atoms with E-state index in [9.17, 15) is 0 Å². The summed E-state index contributed by atoms with van der Waals surface area (Å²) in [6.45, 7) is 7.11. The summed E-state index contributed by atoms with van der Waals surface area (Å²) in [5, 5.41) is 15.2. The zero-order valence-corrected chi connectivity index (χ0v) is 18.2. The standard InChI is InChI=1S/C21H31N9O/c1-3-22-21(25-14-17(18-7-6-12-31-18)30-10-4-5-11-30)24-9-8-23-19-16-13-28-29(2)20(16)27-15-26-19/h6-7,12-13,15,17H,3-5,8-11,14H2,1-2H3,(H2,22,24,25)(H,23,26,27). The third-order valence-electron chi connectivity index (χ3n) is 5.46. The third kappa shape index (κ3) is 5.13. The number of guanidine groups is 1. The average Bonchev–Trinajstić information content (AvgIpc) is 3.55. The quantitative estimate of drug-likeness (QED) is 0.270. The van der Waals surface area contributed by atoms with E-state index in [0.717, 1.165) is 48.2 Å². The lowest BCUT2D eigenvalue weighted by molar-refractivity contribution is 0.221. The minimum Gasteiger partial charge on any atom is -0.468 e. The minimum absolute atomic E-state index is 0.172. The molecule has 0 radical (unpaired) electrons. The van der Waals surface area contributed by atoms with E-state index in [1.54, 1.807) is 23.5 Å². The molecule has 1 aliphatic heterocycles. The number of hydrogen-bond donors (Lipinski definition) is 3. The molecule has 1 atom stereocenters. The fourth-order valence-electron chi connectivity index (χ4n) is 3.90. The summed E-state index contributed by atoms with van der Waals surface area (Å²) >= 11 is 0. The Kier molecular flexibility index (Phi) is 6.98. The molecule has 0 saturated carbocycles. The number of nitrogens with one attached hydrogen (secondary N) is 3. The number of fused-ring (bicyclic) bond motifs is 1. The van der Waals surface area contributed by atoms with Gasteiger partial charge < -0.3 is 20.4 Å². The van der Waals surface area contributed by atoms with Gasteiger partial charge in [0.05, 0.1) is 30.4 Å². The molecule has 1 unspecified atom stereocenters. The number of furan rings is 1. The topological polar surface area (TPSA) is 108 Å². The average molecular weight is 426 g/mol. The van der Waals surface area contributed by atoms with E-state index < -0.39 is 0 Å². The van der Waals surface area contributed by atoms with Crippen molar-refractivity contribution in [1.29, 1.82) is 0 Å². The molecule has 1 fully saturated rings. The molecule has 166 valence electrons. The molecule has 0 spiro atoms. The van der Waals surface area contributed by atoms with Crippen LogP contribution in [0.2, 0.25) is 0 Å². The highest BCUT2D eigenvalue weighted by molar-refractivity contribution is 5.86. The van der Waals surface area contributed by atoms with Crippen molar-refractivity contribution in [3.8, 4) is 0 Å². The molecule has 31 heavy (non-hydrogen) atoms. The van der Waals surface area contributed by atoms with Crippen molar-refractivity contribution in [1.82, 2.24) is 35.3 Å². The Hall–Kier alpha value is -3.14. The highest BCUT2D eigenvalue weighted by Gasteiger charge is 2.25. The summed E-state index contributed by atoms with van der Waals surface area (Å²) in [7, 11) is 1.87. The molecule has 4 heterocycles. The third-order valence-corrected chi connectivity index (χ3v) is 5.46. The van der Waals surface area contributed by atoms with Crippen LogP contribution in [0.4, 0.5) is 5.82 Å². The molecule has 4 rings (SSSR count). The Labute approximate surface area is 182 Å². The maximum Gasteiger partial charge on any atom is 0.191 e. The molecular formula is C21H31N9O. The Bertz CT molecular complexity index is 976. The summed E-state index contributed by atoms with van der Waals surface area (Å²) in [5.41, 5.74) is 0.811. The van der Waals surface area contributed by atoms with Gasteiger partial charge in [0.2, 0.25) is 0 Å². The number of aromatic nitrogens is 4. The Balaban J connectivity index is 1.34. The summed E-state index contributed by atoms with van der Waals surface area (Å²) in [5.74, 6) is 2.57. The summed E-state index contributed by atoms with van der Waals surface area (Å²) in [6, 6.07) is 4.17. The maximum atomic E-state index is 5.70. The van der Waals surface area contributed by atoms with Crippen molar-refractivity contribution in [3.05, 3.63) is 36.7 Å². The zero-order chi connectivity index (χ0) is 21.5. The zero-order valence-electron chi connectivity index (χ0n) is 18.2. The fourth-order valence-corrected chi connectivity index (χ4v) is 3.90. The number of likely N-dealkylation sites (tertiary alicyclic amines) is 1. The van der Waals surface area contributed by atoms with Crippen molar-refractivity contribution in [2.75, 3.05) is 44.6 Å². The second kappa shape index (κ2) is 10.3. The fraction of sp³-hybridized carbons (Fsp3) is 0.524. The smallest absolute Gasteiger partial charge is 0.191 e. The lowest BCUT2D eigenvalue weighted by Crippen LogP contribution is -2.40. The van der Waals surface area contributed by atoms with Gasteiger partial charge in [-0.05, 0) is 45.0 Å². The van der Waals surface area contributed by atoms with Gasteiger partial charge in [0, 0.05) is 26.7 Å². The van der Waals surface area contributed by atoms with Crippen molar-refractivity contribution in [3.63, 3.8) is 0 Å². The number of aliphatic imine (C=N–C) groups is 1. The Morgan fingerprint density at radius 1 is 1.23 bits per heavy atom. The Morgan fingerprint density at radius 3 is 2.87 bits per heavy atom. The highest BCUT2D eigenvalue weighted by atomic mass is 16.3. The largest absolute Gasteiger partial charge is 0.468 e. The molecule has 1 saturated heterocycles. The second-order valence-electron chi connectivity index (χ2n) is 7.58. The van der Waals surface area contributed by atoms with Crippen LogP contribution in [0, 0.1) is 0 Å². The predicted octanol–water partition coefficient (Wildman–Crippen LogP) is 1.76. The van der Waals surface area contributed by atoms with Crippen molar-refractivity contribution in [2.24, 2.45) is 12.0 Å². The van der Waals surface area contributed by atoms with Gasteiger partial charge in [0.15, 0.2) is 11.6 Å². The van der Waals surface area contributed by atoms with E-state index in [0.29, 0.717) is 19.6 Å². The first-order valence-electron chi connectivity index (χ1n) is 10.9. The molecule has 0 aliphatic carbocycles. The van der Waals surface area contributed by atoms with E-state index in [-0.39, 0.29) is 6.04 Å². The molecule has 3 N–H and O–H groups in total. The van der Waals surface area contributed by atoms with Crippen LogP contribution in [0.5, 0.6) is 0 Å². The summed E-state index contributed by atoms with van der Waals surface area (Å²) in [6.07, 6.45) is 7.54. The van der Waals surface area contributed by atoms with E-state index >= 15 is 0 Å². The van der Waals surface area contributed by atoms with Crippen molar-refractivity contribution >= 4 is 22.8 Å². The molecule has 0 amide bonds. The van der Waals surface area contributed by atoms with Gasteiger partial charge in [-0.1, -0.05) is 0 Å². The highest BCUT2D eigenvalue weighted by Crippen LogP contribution is 2.25. The number of anilines is 1. The van der Waals surface area contributed by atoms with Crippen LogP contribution < -0.4 is 16.0 Å². The molecule has 3 aromatic heterocycles. The van der Waals surface area contributed by atoms with E-state index in [1.807, 2.05) is 19.2 Å². The van der Waals surface area contributed by atoms with E-state index in [1.165, 1.54) is 12.8 Å². The summed E-state index contributed by atoms with van der Waals surface area (Å²) < 4.78 is 7.45. The molecule has 10 nitrogen and oxygen atoms in total. The number of aryl methyl sites for hydroxylation is 1. The first kappa shape index (κ1) is 21.1. The van der Waals surface area contributed by atoms with Crippen LogP contribution in [0.15, 0.2) is 40.3 Å². The van der Waals surface area contributed by atoms with Gasteiger partial charge >= 0.3 is 0 Å². The van der Waals surface area contributed by atoms with Crippen molar-refractivity contribution in [2.45, 2.75) is 25.8 Å². The van der Waals surface area contributed by atoms with Gasteiger partial charge in [-0.25, -0.2) is 9.97 Å². The second-order valence-corrected chi connectivity index (χ2v) is 7.58. The van der Waals surface area contributed by atoms with Crippen LogP contribution in [0.3, 0.4) is 0 Å². The number of rotatable bonds is 9. The first-order valence-corrected chi connectivity index (χ1v) is 10.9. The van der Waals surface area contributed by atoms with Gasteiger partial charge in [-0.3, -0.25) is 14.6 Å². The SMILES string of the molecule is CCNC(=NCC(c1ccco1)N1CCCC1)NCCNc1ncnc2c1cnn2C. The van der Waals surface area contributed by atoms with Crippen LogP contribution in [-0.4, -0.2) is 69.9 Å². The lowest BCUT2D eigenvalue weighted by Gasteiger charge is -2.24. The number of hydrogen-bond acceptors (Lipinski definition) is 7. The van der Waals surface area contributed by atoms with Crippen LogP contribution in [-0.2, 0) is 7.05 Å². The number of nitrogens with zero attached hydrogens (tertiary/aromatic N) is 6. The van der Waals surface area contributed by atoms with Gasteiger partial charge in [0.25, 0.3) is 0 Å². The maximum absolute atomic E-state index is 5.70. The minimum atomic E-state index is 0.172. The molecule has 3 aromatic rings. The molecule has 0 aromatic carbocycles. The van der Waals surface area contributed by atoms with Gasteiger partial charge in [0.1, 0.15) is 17.9 Å². The summed E-state index contributed by atoms with van der Waals surface area (Å²) in [4.78, 5) is 15.9. The monoisotopic (exact) mass is 425 g/mol. The van der Waals surface area contributed by atoms with E-state index in [4.69, 9.17) is 9.41 Å². The van der Waals surface area contributed by atoms with Crippen LogP contribution in [0.25, 0.3) is 11.0 Å². The Morgan fingerprint density at radius 2 is 2.10 bits per heavy atom. The molecule has 0 bridgehead atoms. The normalized spacial score (nSPS) is 16.0. The molecule has 1 aliphatic rings. The first-order chi connectivity index (χ1) is 15.3. The van der Waals surface area contributed by atoms with Gasteiger partial charge in [-0.15, -0.1) is 0 Å². The lowest BCUT2D eigenvalue weighted by atomic mass is 10.2. The van der Waals surface area contributed by atoms with E-state index in [2.05, 4.69) is 42.8 Å². The van der Waals surface area contributed by atoms with Gasteiger partial charge in [-0.2, -0.15) is 5.10 Å². The molecule has 10 heteroatoms. The van der Waals surface area contributed by atoms with Crippen molar-refractivity contribution < 1.29 is 4.42 Å².